The van der Waals surface area contributed by atoms with Crippen LogP contribution in [0, 0.1) is 11.7 Å². The van der Waals surface area contributed by atoms with E-state index in [1.807, 2.05) is 0 Å². The number of urea groups is 1. The summed E-state index contributed by atoms with van der Waals surface area (Å²) in [6.07, 6.45) is 1.36. The number of carbonyl (C=O) groups excluding carboxylic acids is 1. The molecule has 2 rings (SSSR count). The Labute approximate surface area is 116 Å². The Kier molecular flexibility index (Phi) is 4.61. The summed E-state index contributed by atoms with van der Waals surface area (Å²) in [6, 6.07) is 3.75. The predicted molar refractivity (Wildman–Crippen MR) is 70.5 cm³/mol. The summed E-state index contributed by atoms with van der Waals surface area (Å²) >= 11 is 5.55. The molecule has 104 valence electrons. The molecule has 1 aliphatic carbocycles. The first-order valence-electron chi connectivity index (χ1n) is 6.21. The third kappa shape index (κ3) is 4.36. The summed E-state index contributed by atoms with van der Waals surface area (Å²) in [6.45, 7) is 0.690. The topological polar surface area (TPSA) is 61.4 Å². The maximum Gasteiger partial charge on any atom is 0.314 e. The van der Waals surface area contributed by atoms with E-state index in [9.17, 15) is 14.3 Å². The molecule has 1 aromatic carbocycles. The van der Waals surface area contributed by atoms with Crippen molar-refractivity contribution in [2.45, 2.75) is 18.9 Å². The molecule has 0 saturated heterocycles. The molecule has 1 unspecified atom stereocenters. The van der Waals surface area contributed by atoms with E-state index in [-0.39, 0.29) is 17.6 Å². The summed E-state index contributed by atoms with van der Waals surface area (Å²) in [7, 11) is 0. The van der Waals surface area contributed by atoms with Crippen molar-refractivity contribution in [1.82, 2.24) is 10.6 Å². The lowest BCUT2D eigenvalue weighted by atomic mass is 10.1. The van der Waals surface area contributed by atoms with Gasteiger partial charge in [0.05, 0.1) is 11.1 Å². The minimum absolute atomic E-state index is 0.00563. The van der Waals surface area contributed by atoms with Gasteiger partial charge in [-0.05, 0) is 36.5 Å². The largest absolute Gasteiger partial charge is 0.387 e. The number of carbonyl (C=O) groups is 1. The minimum Gasteiger partial charge on any atom is -0.387 e. The summed E-state index contributed by atoms with van der Waals surface area (Å²) in [4.78, 5) is 11.4. The van der Waals surface area contributed by atoms with Crippen LogP contribution in [0.25, 0.3) is 0 Å². The first kappa shape index (κ1) is 14.1. The summed E-state index contributed by atoms with van der Waals surface area (Å²) in [5, 5.41) is 15.1. The quantitative estimate of drug-likeness (QED) is 0.777. The van der Waals surface area contributed by atoms with Gasteiger partial charge in [0.15, 0.2) is 0 Å². The number of benzene rings is 1. The summed E-state index contributed by atoms with van der Waals surface area (Å²) in [5.74, 6) is 0.0115. The van der Waals surface area contributed by atoms with Gasteiger partial charge in [-0.2, -0.15) is 0 Å². The zero-order valence-electron chi connectivity index (χ0n) is 10.3. The zero-order chi connectivity index (χ0) is 13.8. The average Bonchev–Trinajstić information content (AvgIpc) is 3.20. The van der Waals surface area contributed by atoms with E-state index in [2.05, 4.69) is 10.6 Å². The van der Waals surface area contributed by atoms with E-state index < -0.39 is 11.9 Å². The second-order valence-electron chi connectivity index (χ2n) is 4.72. The molecule has 19 heavy (non-hydrogen) atoms. The molecule has 0 radical (unpaired) electrons. The number of hydrogen-bond acceptors (Lipinski definition) is 2. The van der Waals surface area contributed by atoms with Crippen LogP contribution in [0.2, 0.25) is 5.02 Å². The van der Waals surface area contributed by atoms with Gasteiger partial charge in [-0.25, -0.2) is 9.18 Å². The lowest BCUT2D eigenvalue weighted by Crippen LogP contribution is -2.38. The normalized spacial score (nSPS) is 15.9. The standard InChI is InChI=1S/C13H16ClFN2O2/c14-10-4-3-9(5-11(10)15)12(18)7-17-13(19)16-6-8-1-2-8/h3-5,8,12,18H,1-2,6-7H2,(H2,16,17,19). The lowest BCUT2D eigenvalue weighted by Gasteiger charge is -2.13. The van der Waals surface area contributed by atoms with Crippen molar-refractivity contribution >= 4 is 17.6 Å². The van der Waals surface area contributed by atoms with Crippen LogP contribution in [-0.2, 0) is 0 Å². The Morgan fingerprint density at radius 3 is 2.84 bits per heavy atom. The van der Waals surface area contributed by atoms with E-state index in [0.717, 1.165) is 18.9 Å². The second-order valence-corrected chi connectivity index (χ2v) is 5.13. The fourth-order valence-electron chi connectivity index (χ4n) is 1.65. The number of hydrogen-bond donors (Lipinski definition) is 3. The van der Waals surface area contributed by atoms with Gasteiger partial charge < -0.3 is 15.7 Å². The van der Waals surface area contributed by atoms with Crippen molar-refractivity contribution in [3.05, 3.63) is 34.6 Å². The minimum atomic E-state index is -0.960. The molecule has 1 fully saturated rings. The molecule has 2 amide bonds. The van der Waals surface area contributed by atoms with E-state index in [1.165, 1.54) is 12.1 Å². The highest BCUT2D eigenvalue weighted by Crippen LogP contribution is 2.27. The Morgan fingerprint density at radius 2 is 2.21 bits per heavy atom. The van der Waals surface area contributed by atoms with Crippen LogP contribution in [0.4, 0.5) is 9.18 Å². The fourth-order valence-corrected chi connectivity index (χ4v) is 1.77. The monoisotopic (exact) mass is 286 g/mol. The van der Waals surface area contributed by atoms with Gasteiger partial charge in [-0.3, -0.25) is 0 Å². The Balaban J connectivity index is 1.77. The van der Waals surface area contributed by atoms with Crippen LogP contribution in [0.5, 0.6) is 0 Å². The van der Waals surface area contributed by atoms with Gasteiger partial charge >= 0.3 is 6.03 Å². The van der Waals surface area contributed by atoms with E-state index in [1.54, 1.807) is 0 Å². The van der Waals surface area contributed by atoms with E-state index in [4.69, 9.17) is 11.6 Å². The molecule has 0 aliphatic heterocycles. The number of aliphatic hydroxyl groups excluding tert-OH is 1. The number of rotatable bonds is 5. The Morgan fingerprint density at radius 1 is 1.47 bits per heavy atom. The van der Waals surface area contributed by atoms with Crippen molar-refractivity contribution in [2.24, 2.45) is 5.92 Å². The third-order valence-corrected chi connectivity index (χ3v) is 3.34. The molecular weight excluding hydrogens is 271 g/mol. The number of amides is 2. The van der Waals surface area contributed by atoms with Crippen LogP contribution >= 0.6 is 11.6 Å². The smallest absolute Gasteiger partial charge is 0.314 e. The summed E-state index contributed by atoms with van der Waals surface area (Å²) < 4.78 is 13.2. The fraction of sp³-hybridized carbons (Fsp3) is 0.462. The molecule has 1 saturated carbocycles. The SMILES string of the molecule is O=C(NCC1CC1)NCC(O)c1ccc(Cl)c(F)c1. The van der Waals surface area contributed by atoms with Crippen molar-refractivity contribution in [3.63, 3.8) is 0 Å². The number of halogens is 2. The summed E-state index contributed by atoms with van der Waals surface area (Å²) in [5.41, 5.74) is 0.379. The molecule has 6 heteroatoms. The van der Waals surface area contributed by atoms with Crippen LogP contribution in [0.15, 0.2) is 18.2 Å². The average molecular weight is 287 g/mol. The maximum absolute atomic E-state index is 13.2. The van der Waals surface area contributed by atoms with E-state index >= 15 is 0 Å². The van der Waals surface area contributed by atoms with Crippen LogP contribution in [0.1, 0.15) is 24.5 Å². The first-order chi connectivity index (χ1) is 9.06. The maximum atomic E-state index is 13.2. The van der Waals surface area contributed by atoms with Crippen LogP contribution < -0.4 is 10.6 Å². The lowest BCUT2D eigenvalue weighted by molar-refractivity contribution is 0.172. The number of nitrogens with one attached hydrogen (secondary N) is 2. The molecule has 1 aromatic rings. The predicted octanol–water partition coefficient (Wildman–Crippen LogP) is 2.22. The molecule has 0 heterocycles. The molecule has 1 aliphatic rings. The molecule has 0 spiro atoms. The van der Waals surface area contributed by atoms with Crippen molar-refractivity contribution in [1.29, 1.82) is 0 Å². The zero-order valence-corrected chi connectivity index (χ0v) is 11.1. The highest BCUT2D eigenvalue weighted by molar-refractivity contribution is 6.30. The van der Waals surface area contributed by atoms with Crippen molar-refractivity contribution in [3.8, 4) is 0 Å². The molecule has 1 atom stereocenters. The highest BCUT2D eigenvalue weighted by Gasteiger charge is 2.21. The van der Waals surface area contributed by atoms with Crippen molar-refractivity contribution in [2.75, 3.05) is 13.1 Å². The van der Waals surface area contributed by atoms with Crippen LogP contribution in [-0.4, -0.2) is 24.2 Å². The van der Waals surface area contributed by atoms with Gasteiger partial charge in [0.1, 0.15) is 5.82 Å². The van der Waals surface area contributed by atoms with Gasteiger partial charge in [0.2, 0.25) is 0 Å². The Hall–Kier alpha value is -1.33. The number of aliphatic hydroxyl groups is 1. The molecular formula is C13H16ClFN2O2. The van der Waals surface area contributed by atoms with Crippen molar-refractivity contribution < 1.29 is 14.3 Å². The molecule has 3 N–H and O–H groups in total. The third-order valence-electron chi connectivity index (χ3n) is 3.03. The van der Waals surface area contributed by atoms with Crippen LogP contribution in [0.3, 0.4) is 0 Å². The van der Waals surface area contributed by atoms with Gasteiger partial charge in [0.25, 0.3) is 0 Å². The molecule has 0 bridgehead atoms. The van der Waals surface area contributed by atoms with Gasteiger partial charge in [-0.1, -0.05) is 17.7 Å². The highest BCUT2D eigenvalue weighted by atomic mass is 35.5. The Bertz CT molecular complexity index is 466. The van der Waals surface area contributed by atoms with Gasteiger partial charge in [0, 0.05) is 13.1 Å². The molecule has 4 nitrogen and oxygen atoms in total. The second kappa shape index (κ2) is 6.21. The van der Waals surface area contributed by atoms with E-state index in [0.29, 0.717) is 18.0 Å². The first-order valence-corrected chi connectivity index (χ1v) is 6.59. The van der Waals surface area contributed by atoms with Gasteiger partial charge in [-0.15, -0.1) is 0 Å². The molecule has 0 aromatic heterocycles.